The molecule has 0 aliphatic carbocycles. The predicted molar refractivity (Wildman–Crippen MR) is 95.0 cm³/mol. The number of hydrazone groups is 1. The van der Waals surface area contributed by atoms with Crippen molar-refractivity contribution in [1.29, 1.82) is 0 Å². The van der Waals surface area contributed by atoms with Gasteiger partial charge in [-0.1, -0.05) is 60.7 Å². The van der Waals surface area contributed by atoms with Crippen molar-refractivity contribution < 1.29 is 9.90 Å². The smallest absolute Gasteiger partial charge is 0.275 e. The number of nitrogens with one attached hydrogen (secondary N) is 1. The number of nitrogens with zero attached hydrogens (tertiary/aromatic N) is 1. The minimum Gasteiger partial charge on any atom is -0.507 e. The number of aromatic hydroxyl groups is 1. The zero-order valence-electron chi connectivity index (χ0n) is 12.9. The van der Waals surface area contributed by atoms with Crippen molar-refractivity contribution in [3.63, 3.8) is 0 Å². The molecule has 3 aromatic carbocycles. The van der Waals surface area contributed by atoms with Gasteiger partial charge in [0.2, 0.25) is 0 Å². The van der Waals surface area contributed by atoms with Crippen LogP contribution in [0.4, 0.5) is 0 Å². The van der Waals surface area contributed by atoms with E-state index in [9.17, 15) is 9.90 Å². The van der Waals surface area contributed by atoms with Crippen molar-refractivity contribution in [3.05, 3.63) is 90.0 Å². The Morgan fingerprint density at radius 3 is 2.38 bits per heavy atom. The number of amides is 1. The molecule has 0 saturated heterocycles. The van der Waals surface area contributed by atoms with Crippen molar-refractivity contribution in [1.82, 2.24) is 5.43 Å². The van der Waals surface area contributed by atoms with Gasteiger partial charge in [0.25, 0.3) is 5.91 Å². The van der Waals surface area contributed by atoms with Crippen LogP contribution < -0.4 is 5.43 Å². The summed E-state index contributed by atoms with van der Waals surface area (Å²) < 4.78 is 0. The summed E-state index contributed by atoms with van der Waals surface area (Å²) >= 11 is 0. The van der Waals surface area contributed by atoms with Crippen molar-refractivity contribution in [2.24, 2.45) is 5.10 Å². The predicted octanol–water partition coefficient (Wildman–Crippen LogP) is 3.82. The highest BCUT2D eigenvalue weighted by Gasteiger charge is 2.08. The number of carbonyl (C=O) groups is 1. The summed E-state index contributed by atoms with van der Waals surface area (Å²) in [6.07, 6.45) is 1.57. The lowest BCUT2D eigenvalue weighted by Crippen LogP contribution is -2.17. The van der Waals surface area contributed by atoms with Crippen LogP contribution in [0.5, 0.6) is 5.75 Å². The largest absolute Gasteiger partial charge is 0.507 e. The first-order chi connectivity index (χ1) is 11.7. The second-order valence-electron chi connectivity index (χ2n) is 5.21. The molecule has 0 bridgehead atoms. The van der Waals surface area contributed by atoms with Crippen LogP contribution in [0, 0.1) is 0 Å². The van der Waals surface area contributed by atoms with Gasteiger partial charge in [-0.15, -0.1) is 0 Å². The third-order valence-corrected chi connectivity index (χ3v) is 3.52. The van der Waals surface area contributed by atoms with Gasteiger partial charge in [-0.25, -0.2) is 5.43 Å². The van der Waals surface area contributed by atoms with E-state index in [4.69, 9.17) is 0 Å². The molecule has 4 heteroatoms. The molecule has 2 N–H and O–H groups in total. The van der Waals surface area contributed by atoms with Crippen LogP contribution in [0.3, 0.4) is 0 Å². The molecule has 0 heterocycles. The first kappa shape index (κ1) is 15.5. The Bertz CT molecular complexity index is 874. The molecule has 0 spiro atoms. The zero-order chi connectivity index (χ0) is 16.8. The fraction of sp³-hybridized carbons (Fsp3) is 0. The van der Waals surface area contributed by atoms with E-state index in [0.717, 1.165) is 16.7 Å². The average Bonchev–Trinajstić information content (AvgIpc) is 2.63. The van der Waals surface area contributed by atoms with Gasteiger partial charge in [0.05, 0.1) is 11.8 Å². The third-order valence-electron chi connectivity index (χ3n) is 3.52. The molecule has 0 aliphatic rings. The van der Waals surface area contributed by atoms with E-state index >= 15 is 0 Å². The van der Waals surface area contributed by atoms with Crippen molar-refractivity contribution in [2.45, 2.75) is 0 Å². The Kier molecular flexibility index (Phi) is 4.68. The van der Waals surface area contributed by atoms with E-state index in [1.807, 2.05) is 54.6 Å². The van der Waals surface area contributed by atoms with Gasteiger partial charge < -0.3 is 5.11 Å². The molecular weight excluding hydrogens is 300 g/mol. The highest BCUT2D eigenvalue weighted by atomic mass is 16.3. The van der Waals surface area contributed by atoms with Gasteiger partial charge in [0.15, 0.2) is 0 Å². The van der Waals surface area contributed by atoms with Gasteiger partial charge >= 0.3 is 0 Å². The van der Waals surface area contributed by atoms with Crippen LogP contribution in [0.2, 0.25) is 0 Å². The Labute approximate surface area is 140 Å². The monoisotopic (exact) mass is 316 g/mol. The lowest BCUT2D eigenvalue weighted by Gasteiger charge is -2.03. The lowest BCUT2D eigenvalue weighted by atomic mass is 10.0. The number of carbonyl (C=O) groups excluding carboxylic acids is 1. The maximum absolute atomic E-state index is 12.0. The fourth-order valence-electron chi connectivity index (χ4n) is 2.32. The molecule has 0 unspecified atom stereocenters. The summed E-state index contributed by atoms with van der Waals surface area (Å²) in [5.41, 5.74) is 5.67. The number of rotatable bonds is 4. The number of para-hydroxylation sites is 1. The average molecular weight is 316 g/mol. The van der Waals surface area contributed by atoms with E-state index in [0.29, 0.717) is 0 Å². The van der Waals surface area contributed by atoms with Gasteiger partial charge in [0, 0.05) is 0 Å². The van der Waals surface area contributed by atoms with Crippen LogP contribution in [-0.2, 0) is 0 Å². The molecule has 3 rings (SSSR count). The Morgan fingerprint density at radius 1 is 0.875 bits per heavy atom. The van der Waals surface area contributed by atoms with Gasteiger partial charge in [-0.05, 0) is 34.9 Å². The molecular formula is C20H16N2O2. The van der Waals surface area contributed by atoms with Crippen LogP contribution in [-0.4, -0.2) is 17.2 Å². The Balaban J connectivity index is 1.71. The van der Waals surface area contributed by atoms with E-state index in [1.54, 1.807) is 18.3 Å². The minimum absolute atomic E-state index is 0.0729. The van der Waals surface area contributed by atoms with E-state index < -0.39 is 5.91 Å². The highest BCUT2D eigenvalue weighted by molar-refractivity contribution is 5.97. The van der Waals surface area contributed by atoms with Crippen molar-refractivity contribution in [2.75, 3.05) is 0 Å². The van der Waals surface area contributed by atoms with Crippen molar-refractivity contribution in [3.8, 4) is 16.9 Å². The van der Waals surface area contributed by atoms with Crippen LogP contribution in [0.15, 0.2) is 84.0 Å². The maximum Gasteiger partial charge on any atom is 0.275 e. The molecule has 0 atom stereocenters. The number of hydrogen-bond donors (Lipinski definition) is 2. The SMILES string of the molecule is O=C(NN=Cc1cccc(-c2ccccc2)c1)c1ccccc1O. The van der Waals surface area contributed by atoms with Crippen LogP contribution in [0.25, 0.3) is 11.1 Å². The van der Waals surface area contributed by atoms with Gasteiger partial charge in [0.1, 0.15) is 5.75 Å². The molecule has 0 aliphatic heterocycles. The number of phenols is 1. The van der Waals surface area contributed by atoms with Gasteiger partial charge in [-0.3, -0.25) is 4.79 Å². The fourth-order valence-corrected chi connectivity index (χ4v) is 2.32. The van der Waals surface area contributed by atoms with Crippen LogP contribution >= 0.6 is 0 Å². The summed E-state index contributed by atoms with van der Waals surface area (Å²) in [6.45, 7) is 0. The van der Waals surface area contributed by atoms with Crippen LogP contribution in [0.1, 0.15) is 15.9 Å². The van der Waals surface area contributed by atoms with E-state index in [-0.39, 0.29) is 11.3 Å². The zero-order valence-corrected chi connectivity index (χ0v) is 12.9. The molecule has 0 aromatic heterocycles. The van der Waals surface area contributed by atoms with E-state index in [1.165, 1.54) is 12.1 Å². The summed E-state index contributed by atoms with van der Waals surface area (Å²) in [5, 5.41) is 13.6. The highest BCUT2D eigenvalue weighted by Crippen LogP contribution is 2.19. The molecule has 0 radical (unpaired) electrons. The lowest BCUT2D eigenvalue weighted by molar-refractivity contribution is 0.0952. The molecule has 118 valence electrons. The molecule has 3 aromatic rings. The quantitative estimate of drug-likeness (QED) is 0.568. The normalized spacial score (nSPS) is 10.7. The summed E-state index contributed by atoms with van der Waals surface area (Å²) in [5.74, 6) is -0.528. The number of benzene rings is 3. The third kappa shape index (κ3) is 3.67. The number of phenolic OH excluding ortho intramolecular Hbond substituents is 1. The summed E-state index contributed by atoms with van der Waals surface area (Å²) in [7, 11) is 0. The second kappa shape index (κ2) is 7.24. The molecule has 4 nitrogen and oxygen atoms in total. The molecule has 24 heavy (non-hydrogen) atoms. The molecule has 1 amide bonds. The maximum atomic E-state index is 12.0. The Hall–Kier alpha value is -3.40. The van der Waals surface area contributed by atoms with Gasteiger partial charge in [-0.2, -0.15) is 5.10 Å². The molecule has 0 saturated carbocycles. The molecule has 0 fully saturated rings. The first-order valence-corrected chi connectivity index (χ1v) is 7.51. The summed E-state index contributed by atoms with van der Waals surface area (Å²) in [4.78, 5) is 12.0. The first-order valence-electron chi connectivity index (χ1n) is 7.51. The second-order valence-corrected chi connectivity index (χ2v) is 5.21. The minimum atomic E-state index is -0.455. The van der Waals surface area contributed by atoms with E-state index in [2.05, 4.69) is 10.5 Å². The standard InChI is InChI=1S/C20H16N2O2/c23-19-12-5-4-11-18(19)20(24)22-21-14-15-7-6-10-17(13-15)16-8-2-1-3-9-16/h1-14,23H,(H,22,24). The summed E-state index contributed by atoms with van der Waals surface area (Å²) in [6, 6.07) is 24.2. The van der Waals surface area contributed by atoms with Crippen molar-refractivity contribution >= 4 is 12.1 Å². The number of hydrogen-bond acceptors (Lipinski definition) is 3. The Morgan fingerprint density at radius 2 is 1.58 bits per heavy atom. The topological polar surface area (TPSA) is 61.7 Å².